The maximum atomic E-state index is 13.0. The lowest BCUT2D eigenvalue weighted by molar-refractivity contribution is -0.00716. The van der Waals surface area contributed by atoms with Crippen molar-refractivity contribution in [3.8, 4) is 0 Å². The number of hydrogen-bond acceptors (Lipinski definition) is 6. The molecule has 9 heteroatoms. The molecule has 0 saturated heterocycles. The molecule has 2 aromatic rings. The summed E-state index contributed by atoms with van der Waals surface area (Å²) in [6.45, 7) is 8.04. The van der Waals surface area contributed by atoms with E-state index in [1.807, 2.05) is 20.8 Å². The summed E-state index contributed by atoms with van der Waals surface area (Å²) < 4.78 is 14.5. The summed E-state index contributed by atoms with van der Waals surface area (Å²) in [4.78, 5) is 13.0. The second kappa shape index (κ2) is 7.96. The molecule has 1 amide bonds. The van der Waals surface area contributed by atoms with E-state index in [4.69, 9.17) is 9.47 Å². The fraction of sp³-hybridized carbons (Fsp3) is 0.647. The predicted molar refractivity (Wildman–Crippen MR) is 93.6 cm³/mol. The molecule has 2 atom stereocenters. The van der Waals surface area contributed by atoms with Crippen LogP contribution >= 0.6 is 0 Å². The van der Waals surface area contributed by atoms with Crippen LogP contribution in [0.2, 0.25) is 0 Å². The Morgan fingerprint density at radius 1 is 1.42 bits per heavy atom. The summed E-state index contributed by atoms with van der Waals surface area (Å²) in [6.07, 6.45) is 2.26. The van der Waals surface area contributed by atoms with Crippen molar-refractivity contribution < 1.29 is 14.3 Å². The minimum absolute atomic E-state index is 0.0508. The molecule has 1 aliphatic rings. The second-order valence-electron chi connectivity index (χ2n) is 6.45. The Labute approximate surface area is 152 Å². The van der Waals surface area contributed by atoms with E-state index in [-0.39, 0.29) is 18.1 Å². The van der Waals surface area contributed by atoms with E-state index in [1.165, 1.54) is 0 Å². The third kappa shape index (κ3) is 3.63. The molecular weight excluding hydrogens is 336 g/mol. The molecule has 0 aliphatic carbocycles. The number of carbonyl (C=O) groups is 1. The van der Waals surface area contributed by atoms with Crippen LogP contribution < -0.4 is 5.32 Å². The lowest BCUT2D eigenvalue weighted by Gasteiger charge is -2.24. The molecule has 0 spiro atoms. The van der Waals surface area contributed by atoms with E-state index in [2.05, 4.69) is 20.7 Å². The Morgan fingerprint density at radius 2 is 2.23 bits per heavy atom. The lowest BCUT2D eigenvalue weighted by atomic mass is 9.99. The van der Waals surface area contributed by atoms with Crippen molar-refractivity contribution in [2.45, 2.75) is 59.0 Å². The topological polar surface area (TPSA) is 96.1 Å². The van der Waals surface area contributed by atoms with Gasteiger partial charge in [0.1, 0.15) is 5.69 Å². The summed E-state index contributed by atoms with van der Waals surface area (Å²) in [5, 5.41) is 15.5. The zero-order chi connectivity index (χ0) is 18.7. The Kier molecular flexibility index (Phi) is 5.67. The van der Waals surface area contributed by atoms with Crippen molar-refractivity contribution in [1.29, 1.82) is 0 Å². The maximum absolute atomic E-state index is 13.0. The molecule has 1 aliphatic heterocycles. The normalized spacial score (nSPS) is 19.4. The molecule has 9 nitrogen and oxygen atoms in total. The Bertz CT molecular complexity index is 769. The van der Waals surface area contributed by atoms with Crippen LogP contribution in [0.3, 0.4) is 0 Å². The Hall–Kier alpha value is -2.26. The van der Waals surface area contributed by atoms with Gasteiger partial charge in [0.25, 0.3) is 5.91 Å². The zero-order valence-corrected chi connectivity index (χ0v) is 15.7. The monoisotopic (exact) mass is 362 g/mol. The van der Waals surface area contributed by atoms with Crippen molar-refractivity contribution in [2.75, 3.05) is 13.7 Å². The summed E-state index contributed by atoms with van der Waals surface area (Å²) in [5.41, 5.74) is 3.26. The average molecular weight is 362 g/mol. The first-order chi connectivity index (χ1) is 12.5. The summed E-state index contributed by atoms with van der Waals surface area (Å²) >= 11 is 0. The minimum Gasteiger partial charge on any atom is -0.383 e. The third-order valence-electron chi connectivity index (χ3n) is 4.54. The van der Waals surface area contributed by atoms with Crippen LogP contribution in [0, 0.1) is 0 Å². The number of rotatable bonds is 7. The molecule has 0 unspecified atom stereocenters. The number of aryl methyl sites for hydroxylation is 1. The maximum Gasteiger partial charge on any atom is 0.270 e. The van der Waals surface area contributed by atoms with Crippen molar-refractivity contribution in [2.24, 2.45) is 0 Å². The Balaban J connectivity index is 1.85. The molecule has 0 aromatic carbocycles. The molecule has 1 N–H and O–H groups in total. The highest BCUT2D eigenvalue weighted by molar-refractivity contribution is 5.94. The number of fused-ring (bicyclic) bond motifs is 1. The first-order valence-electron chi connectivity index (χ1n) is 8.94. The van der Waals surface area contributed by atoms with Crippen LogP contribution in [0.4, 0.5) is 0 Å². The molecule has 142 valence electrons. The zero-order valence-electron chi connectivity index (χ0n) is 15.7. The highest BCUT2D eigenvalue weighted by Crippen LogP contribution is 2.31. The number of aromatic nitrogens is 5. The number of nitrogens with one attached hydrogen (secondary N) is 1. The smallest absolute Gasteiger partial charge is 0.270 e. The second-order valence-corrected chi connectivity index (χ2v) is 6.45. The van der Waals surface area contributed by atoms with Crippen molar-refractivity contribution in [1.82, 2.24) is 30.1 Å². The summed E-state index contributed by atoms with van der Waals surface area (Å²) in [5.74, 6) is -0.153. The van der Waals surface area contributed by atoms with Crippen LogP contribution in [0.25, 0.3) is 0 Å². The highest BCUT2D eigenvalue weighted by Gasteiger charge is 2.32. The van der Waals surface area contributed by atoms with Crippen molar-refractivity contribution >= 4 is 5.91 Å². The predicted octanol–water partition coefficient (Wildman–Crippen LogP) is 1.09. The van der Waals surface area contributed by atoms with Gasteiger partial charge in [0.15, 0.2) is 0 Å². The fourth-order valence-electron chi connectivity index (χ4n) is 3.32. The quantitative estimate of drug-likeness (QED) is 0.792. The SMILES string of the molecule is CCn1nncc1CNC(=O)c1c2c(nn1CCOC)[C@H](C)O[C@H](C)C2. The number of amides is 1. The van der Waals surface area contributed by atoms with Crippen LogP contribution in [0.15, 0.2) is 6.20 Å². The van der Waals surface area contributed by atoms with Gasteiger partial charge in [0.2, 0.25) is 0 Å². The van der Waals surface area contributed by atoms with E-state index in [9.17, 15) is 4.79 Å². The number of hydrogen-bond donors (Lipinski definition) is 1. The van der Waals surface area contributed by atoms with Crippen molar-refractivity contribution in [3.05, 3.63) is 28.8 Å². The number of methoxy groups -OCH3 is 1. The van der Waals surface area contributed by atoms with E-state index in [0.717, 1.165) is 17.0 Å². The van der Waals surface area contributed by atoms with Gasteiger partial charge in [0.05, 0.1) is 49.5 Å². The van der Waals surface area contributed by atoms with E-state index < -0.39 is 0 Å². The van der Waals surface area contributed by atoms with E-state index in [1.54, 1.807) is 22.7 Å². The molecule has 0 bridgehead atoms. The number of carbonyl (C=O) groups excluding carboxylic acids is 1. The van der Waals surface area contributed by atoms with Crippen LogP contribution in [0.5, 0.6) is 0 Å². The molecule has 0 fully saturated rings. The average Bonchev–Trinajstić information content (AvgIpc) is 3.21. The van der Waals surface area contributed by atoms with Crippen LogP contribution in [0.1, 0.15) is 54.3 Å². The molecule has 2 aromatic heterocycles. The van der Waals surface area contributed by atoms with Crippen LogP contribution in [-0.4, -0.2) is 50.5 Å². The summed E-state index contributed by atoms with van der Waals surface area (Å²) in [7, 11) is 1.63. The molecule has 3 rings (SSSR count). The van der Waals surface area contributed by atoms with Gasteiger partial charge >= 0.3 is 0 Å². The van der Waals surface area contributed by atoms with Gasteiger partial charge in [0, 0.05) is 25.6 Å². The first-order valence-corrected chi connectivity index (χ1v) is 8.94. The largest absolute Gasteiger partial charge is 0.383 e. The van der Waals surface area contributed by atoms with Crippen LogP contribution in [-0.2, 0) is 35.5 Å². The van der Waals surface area contributed by atoms with Crippen molar-refractivity contribution in [3.63, 3.8) is 0 Å². The molecule has 3 heterocycles. The molecular formula is C17H26N6O3. The van der Waals surface area contributed by atoms with Gasteiger partial charge in [-0.1, -0.05) is 5.21 Å². The third-order valence-corrected chi connectivity index (χ3v) is 4.54. The minimum atomic E-state index is -0.153. The van der Waals surface area contributed by atoms with Gasteiger partial charge < -0.3 is 14.8 Å². The summed E-state index contributed by atoms with van der Waals surface area (Å²) in [6, 6.07) is 0. The Morgan fingerprint density at radius 3 is 2.96 bits per heavy atom. The van der Waals surface area contributed by atoms with Gasteiger partial charge in [-0.25, -0.2) is 4.68 Å². The molecule has 0 saturated carbocycles. The van der Waals surface area contributed by atoms with Gasteiger partial charge in [-0.05, 0) is 20.8 Å². The number of nitrogens with zero attached hydrogens (tertiary/aromatic N) is 5. The number of ether oxygens (including phenoxy) is 2. The highest BCUT2D eigenvalue weighted by atomic mass is 16.5. The van der Waals surface area contributed by atoms with E-state index >= 15 is 0 Å². The standard InChI is InChI=1S/C17H26N6O3/c1-5-22-13(10-19-21-22)9-18-17(24)16-14-8-11(2)26-12(3)15(14)20-23(16)6-7-25-4/h10-12H,5-9H2,1-4H3,(H,18,24)/t11-,12+/m1/s1. The molecule has 0 radical (unpaired) electrons. The van der Waals surface area contributed by atoms with Gasteiger partial charge in [-0.2, -0.15) is 5.10 Å². The lowest BCUT2D eigenvalue weighted by Crippen LogP contribution is -2.30. The fourth-order valence-corrected chi connectivity index (χ4v) is 3.32. The molecule has 26 heavy (non-hydrogen) atoms. The van der Waals surface area contributed by atoms with E-state index in [0.29, 0.717) is 38.4 Å². The van der Waals surface area contributed by atoms with Gasteiger partial charge in [-0.15, -0.1) is 5.10 Å². The van der Waals surface area contributed by atoms with Gasteiger partial charge in [-0.3, -0.25) is 9.48 Å². The first kappa shape index (κ1) is 18.5.